The van der Waals surface area contributed by atoms with Crippen LogP contribution in [-0.4, -0.2) is 34.0 Å². The van der Waals surface area contributed by atoms with Crippen LogP contribution >= 0.6 is 0 Å². The van der Waals surface area contributed by atoms with Gasteiger partial charge in [0.05, 0.1) is 5.41 Å². The molecule has 1 aromatic rings. The largest absolute Gasteiger partial charge is 0.481 e. The fourth-order valence-corrected chi connectivity index (χ4v) is 2.17. The SMILES string of the molecule is CC1(C(=O)O)CCN(Cc2cccnc2)CC1. The minimum absolute atomic E-state index is 0.536. The van der Waals surface area contributed by atoms with Crippen LogP contribution in [0, 0.1) is 5.41 Å². The number of carboxylic acids is 1. The molecular formula is C13H18N2O2. The van der Waals surface area contributed by atoms with Crippen molar-refractivity contribution >= 4 is 5.97 Å². The van der Waals surface area contributed by atoms with Gasteiger partial charge in [-0.05, 0) is 44.5 Å². The molecule has 0 spiro atoms. The molecule has 1 fully saturated rings. The third-order valence-electron chi connectivity index (χ3n) is 3.60. The summed E-state index contributed by atoms with van der Waals surface area (Å²) < 4.78 is 0. The van der Waals surface area contributed by atoms with E-state index in [1.54, 1.807) is 6.20 Å². The number of rotatable bonds is 3. The molecule has 4 heteroatoms. The zero-order chi connectivity index (χ0) is 12.3. The van der Waals surface area contributed by atoms with Crippen LogP contribution in [0.15, 0.2) is 24.5 Å². The Morgan fingerprint density at radius 1 is 1.53 bits per heavy atom. The van der Waals surface area contributed by atoms with Crippen molar-refractivity contribution in [2.24, 2.45) is 5.41 Å². The molecule has 0 saturated carbocycles. The molecule has 2 rings (SSSR count). The van der Waals surface area contributed by atoms with Crippen LogP contribution < -0.4 is 0 Å². The van der Waals surface area contributed by atoms with Crippen molar-refractivity contribution < 1.29 is 9.90 Å². The molecule has 0 atom stereocenters. The number of piperidine rings is 1. The van der Waals surface area contributed by atoms with Crippen molar-refractivity contribution in [1.29, 1.82) is 0 Å². The van der Waals surface area contributed by atoms with E-state index in [9.17, 15) is 4.79 Å². The lowest BCUT2D eigenvalue weighted by Gasteiger charge is -2.36. The van der Waals surface area contributed by atoms with Crippen molar-refractivity contribution in [2.75, 3.05) is 13.1 Å². The monoisotopic (exact) mass is 234 g/mol. The molecule has 2 heterocycles. The molecule has 0 aromatic carbocycles. The first-order valence-corrected chi connectivity index (χ1v) is 5.95. The summed E-state index contributed by atoms with van der Waals surface area (Å²) >= 11 is 0. The molecule has 1 aromatic heterocycles. The third-order valence-corrected chi connectivity index (χ3v) is 3.60. The van der Waals surface area contributed by atoms with Gasteiger partial charge >= 0.3 is 5.97 Å². The summed E-state index contributed by atoms with van der Waals surface area (Å²) in [5.74, 6) is -0.668. The Morgan fingerprint density at radius 3 is 2.76 bits per heavy atom. The highest BCUT2D eigenvalue weighted by atomic mass is 16.4. The number of likely N-dealkylation sites (tertiary alicyclic amines) is 1. The number of hydrogen-bond acceptors (Lipinski definition) is 3. The molecule has 1 saturated heterocycles. The van der Waals surface area contributed by atoms with Crippen LogP contribution in [0.2, 0.25) is 0 Å². The van der Waals surface area contributed by atoms with Gasteiger partial charge < -0.3 is 5.11 Å². The third kappa shape index (κ3) is 2.82. The standard InChI is InChI=1S/C13H18N2O2/c1-13(12(16)17)4-7-15(8-5-13)10-11-3-2-6-14-9-11/h2-3,6,9H,4-5,7-8,10H2,1H3,(H,16,17). The molecule has 1 aliphatic heterocycles. The van der Waals surface area contributed by atoms with Gasteiger partial charge in [0.15, 0.2) is 0 Å². The fraction of sp³-hybridized carbons (Fsp3) is 0.538. The first-order valence-electron chi connectivity index (χ1n) is 5.95. The fourth-order valence-electron chi connectivity index (χ4n) is 2.17. The topological polar surface area (TPSA) is 53.4 Å². The van der Waals surface area contributed by atoms with E-state index in [0.717, 1.165) is 32.5 Å². The van der Waals surface area contributed by atoms with Gasteiger partial charge in [0.2, 0.25) is 0 Å². The van der Waals surface area contributed by atoms with Gasteiger partial charge in [-0.3, -0.25) is 14.7 Å². The van der Waals surface area contributed by atoms with E-state index in [0.29, 0.717) is 0 Å². The number of nitrogens with zero attached hydrogens (tertiary/aromatic N) is 2. The van der Waals surface area contributed by atoms with E-state index in [1.807, 2.05) is 19.2 Å². The summed E-state index contributed by atoms with van der Waals surface area (Å²) in [6.07, 6.45) is 5.08. The molecule has 0 aliphatic carbocycles. The van der Waals surface area contributed by atoms with E-state index in [2.05, 4.69) is 16.0 Å². The first kappa shape index (κ1) is 12.0. The Morgan fingerprint density at radius 2 is 2.24 bits per heavy atom. The van der Waals surface area contributed by atoms with Crippen molar-refractivity contribution in [3.63, 3.8) is 0 Å². The summed E-state index contributed by atoms with van der Waals surface area (Å²) in [6.45, 7) is 4.40. The minimum atomic E-state index is -0.668. The second-order valence-corrected chi connectivity index (χ2v) is 5.00. The zero-order valence-electron chi connectivity index (χ0n) is 10.1. The average Bonchev–Trinajstić information content (AvgIpc) is 2.33. The second kappa shape index (κ2) is 4.84. The summed E-state index contributed by atoms with van der Waals surface area (Å²) in [5.41, 5.74) is 0.650. The Bertz CT molecular complexity index is 384. The lowest BCUT2D eigenvalue weighted by molar-refractivity contribution is -0.150. The smallest absolute Gasteiger partial charge is 0.309 e. The molecule has 17 heavy (non-hydrogen) atoms. The number of hydrogen-bond donors (Lipinski definition) is 1. The Kier molecular flexibility index (Phi) is 3.43. The summed E-state index contributed by atoms with van der Waals surface area (Å²) in [4.78, 5) is 17.5. The summed E-state index contributed by atoms with van der Waals surface area (Å²) in [6, 6.07) is 3.98. The molecule has 0 radical (unpaired) electrons. The van der Waals surface area contributed by atoms with Gasteiger partial charge in [-0.15, -0.1) is 0 Å². The van der Waals surface area contributed by atoms with E-state index in [1.165, 1.54) is 5.56 Å². The van der Waals surface area contributed by atoms with E-state index < -0.39 is 11.4 Å². The number of aliphatic carboxylic acids is 1. The van der Waals surface area contributed by atoms with Crippen LogP contribution in [0.3, 0.4) is 0 Å². The van der Waals surface area contributed by atoms with Gasteiger partial charge in [0.1, 0.15) is 0 Å². The van der Waals surface area contributed by atoms with Crippen LogP contribution in [0.25, 0.3) is 0 Å². The van der Waals surface area contributed by atoms with Gasteiger partial charge in [0, 0.05) is 18.9 Å². The van der Waals surface area contributed by atoms with Crippen molar-refractivity contribution in [3.8, 4) is 0 Å². The van der Waals surface area contributed by atoms with Gasteiger partial charge in [-0.25, -0.2) is 0 Å². The maximum Gasteiger partial charge on any atom is 0.309 e. The number of carbonyl (C=O) groups is 1. The Hall–Kier alpha value is -1.42. The second-order valence-electron chi connectivity index (χ2n) is 5.00. The molecule has 0 unspecified atom stereocenters. The van der Waals surface area contributed by atoms with Crippen LogP contribution in [0.1, 0.15) is 25.3 Å². The molecule has 0 bridgehead atoms. The van der Waals surface area contributed by atoms with Crippen LogP contribution in [0.5, 0.6) is 0 Å². The maximum atomic E-state index is 11.1. The Labute approximate surface area is 101 Å². The highest BCUT2D eigenvalue weighted by Crippen LogP contribution is 2.31. The molecule has 0 amide bonds. The van der Waals surface area contributed by atoms with E-state index in [4.69, 9.17) is 5.11 Å². The van der Waals surface area contributed by atoms with Gasteiger partial charge in [-0.1, -0.05) is 6.07 Å². The number of carboxylic acid groups (broad SMARTS) is 1. The summed E-state index contributed by atoms with van der Waals surface area (Å²) in [5, 5.41) is 9.14. The summed E-state index contributed by atoms with van der Waals surface area (Å²) in [7, 11) is 0. The number of aromatic nitrogens is 1. The van der Waals surface area contributed by atoms with Crippen LogP contribution in [-0.2, 0) is 11.3 Å². The lowest BCUT2D eigenvalue weighted by Crippen LogP contribution is -2.42. The normalized spacial score (nSPS) is 20.1. The quantitative estimate of drug-likeness (QED) is 0.866. The molecule has 92 valence electrons. The lowest BCUT2D eigenvalue weighted by atomic mass is 9.80. The highest BCUT2D eigenvalue weighted by molar-refractivity contribution is 5.74. The van der Waals surface area contributed by atoms with Gasteiger partial charge in [0.25, 0.3) is 0 Å². The maximum absolute atomic E-state index is 11.1. The van der Waals surface area contributed by atoms with E-state index >= 15 is 0 Å². The average molecular weight is 234 g/mol. The molecule has 1 aliphatic rings. The van der Waals surface area contributed by atoms with Crippen molar-refractivity contribution in [2.45, 2.75) is 26.3 Å². The molecular weight excluding hydrogens is 216 g/mol. The molecule has 4 nitrogen and oxygen atoms in total. The van der Waals surface area contributed by atoms with Gasteiger partial charge in [-0.2, -0.15) is 0 Å². The predicted molar refractivity (Wildman–Crippen MR) is 64.5 cm³/mol. The highest BCUT2D eigenvalue weighted by Gasteiger charge is 2.36. The zero-order valence-corrected chi connectivity index (χ0v) is 10.1. The van der Waals surface area contributed by atoms with E-state index in [-0.39, 0.29) is 0 Å². The number of pyridine rings is 1. The van der Waals surface area contributed by atoms with Crippen LogP contribution in [0.4, 0.5) is 0 Å². The first-order chi connectivity index (χ1) is 8.10. The molecule has 1 N–H and O–H groups in total. The minimum Gasteiger partial charge on any atom is -0.481 e. The van der Waals surface area contributed by atoms with Crippen molar-refractivity contribution in [1.82, 2.24) is 9.88 Å². The Balaban J connectivity index is 1.90. The van der Waals surface area contributed by atoms with Crippen molar-refractivity contribution in [3.05, 3.63) is 30.1 Å². The predicted octanol–water partition coefficient (Wildman–Crippen LogP) is 1.77.